The van der Waals surface area contributed by atoms with E-state index in [4.69, 9.17) is 9.47 Å². The molecule has 1 N–H and O–H groups in total. The van der Waals surface area contributed by atoms with Gasteiger partial charge in [0.1, 0.15) is 17.3 Å². The summed E-state index contributed by atoms with van der Waals surface area (Å²) in [6.45, 7) is 2.34. The lowest BCUT2D eigenvalue weighted by atomic mass is 10.1. The molecular weight excluding hydrogens is 257 g/mol. The smallest absolute Gasteiger partial charge is 0.146 e. The minimum Gasteiger partial charge on any atom is -0.497 e. The molecule has 106 valence electrons. The third kappa shape index (κ3) is 3.20. The maximum absolute atomic E-state index is 13.7. The largest absolute Gasteiger partial charge is 0.497 e. The lowest BCUT2D eigenvalue weighted by Gasteiger charge is -2.12. The second-order valence-corrected chi connectivity index (χ2v) is 4.51. The van der Waals surface area contributed by atoms with Crippen LogP contribution in [0.1, 0.15) is 11.1 Å². The first-order valence-corrected chi connectivity index (χ1v) is 6.35. The molecule has 0 aliphatic rings. The Morgan fingerprint density at radius 1 is 1.05 bits per heavy atom. The summed E-state index contributed by atoms with van der Waals surface area (Å²) >= 11 is 0. The van der Waals surface area contributed by atoms with Crippen LogP contribution in [-0.2, 0) is 6.54 Å². The molecule has 0 saturated carbocycles. The molecule has 0 atom stereocenters. The van der Waals surface area contributed by atoms with Gasteiger partial charge in [-0.25, -0.2) is 4.39 Å². The average Bonchev–Trinajstić information content (AvgIpc) is 2.46. The summed E-state index contributed by atoms with van der Waals surface area (Å²) in [5.41, 5.74) is 2.32. The summed E-state index contributed by atoms with van der Waals surface area (Å²) in [5, 5.41) is 3.07. The molecule has 0 heterocycles. The Morgan fingerprint density at radius 3 is 2.50 bits per heavy atom. The van der Waals surface area contributed by atoms with Gasteiger partial charge in [-0.1, -0.05) is 6.07 Å². The van der Waals surface area contributed by atoms with Crippen LogP contribution in [0, 0.1) is 12.7 Å². The van der Waals surface area contributed by atoms with Crippen LogP contribution in [-0.4, -0.2) is 14.2 Å². The van der Waals surface area contributed by atoms with Crippen molar-refractivity contribution in [2.24, 2.45) is 0 Å². The Bertz CT molecular complexity index is 599. The van der Waals surface area contributed by atoms with Crippen molar-refractivity contribution in [3.05, 3.63) is 53.3 Å². The zero-order valence-electron chi connectivity index (χ0n) is 11.9. The van der Waals surface area contributed by atoms with Crippen LogP contribution in [0.5, 0.6) is 11.5 Å². The van der Waals surface area contributed by atoms with Gasteiger partial charge in [-0.2, -0.15) is 0 Å². The number of hydrogen-bond acceptors (Lipinski definition) is 3. The van der Waals surface area contributed by atoms with E-state index in [0.29, 0.717) is 18.0 Å². The van der Waals surface area contributed by atoms with Crippen LogP contribution in [0.4, 0.5) is 10.1 Å². The fourth-order valence-corrected chi connectivity index (χ4v) is 1.95. The van der Waals surface area contributed by atoms with E-state index in [1.165, 1.54) is 6.07 Å². The van der Waals surface area contributed by atoms with E-state index < -0.39 is 0 Å². The number of rotatable bonds is 5. The van der Waals surface area contributed by atoms with Crippen molar-refractivity contribution in [1.82, 2.24) is 0 Å². The van der Waals surface area contributed by atoms with E-state index in [-0.39, 0.29) is 5.82 Å². The van der Waals surface area contributed by atoms with Crippen LogP contribution in [0.2, 0.25) is 0 Å². The number of anilines is 1. The van der Waals surface area contributed by atoms with E-state index in [9.17, 15) is 4.39 Å². The van der Waals surface area contributed by atoms with Gasteiger partial charge in [0.2, 0.25) is 0 Å². The van der Waals surface area contributed by atoms with Gasteiger partial charge in [-0.05, 0) is 36.8 Å². The fourth-order valence-electron chi connectivity index (χ4n) is 1.95. The lowest BCUT2D eigenvalue weighted by Crippen LogP contribution is -2.03. The van der Waals surface area contributed by atoms with Crippen molar-refractivity contribution in [2.75, 3.05) is 19.5 Å². The molecular formula is C16H18FNO2. The van der Waals surface area contributed by atoms with Gasteiger partial charge >= 0.3 is 0 Å². The summed E-state index contributed by atoms with van der Waals surface area (Å²) in [6.07, 6.45) is 0. The summed E-state index contributed by atoms with van der Waals surface area (Å²) in [4.78, 5) is 0. The van der Waals surface area contributed by atoms with E-state index in [0.717, 1.165) is 16.9 Å². The quantitative estimate of drug-likeness (QED) is 0.901. The Labute approximate surface area is 118 Å². The maximum Gasteiger partial charge on any atom is 0.146 e. The standard InChI is InChI=1S/C16H18FNO2/c1-11-4-7-15(14(17)8-11)18-10-12-5-6-13(19-2)9-16(12)20-3/h4-9,18H,10H2,1-3H3. The predicted molar refractivity (Wildman–Crippen MR) is 78.0 cm³/mol. The molecule has 20 heavy (non-hydrogen) atoms. The summed E-state index contributed by atoms with van der Waals surface area (Å²) in [5.74, 6) is 1.19. The highest BCUT2D eigenvalue weighted by Crippen LogP contribution is 2.25. The van der Waals surface area contributed by atoms with E-state index in [1.807, 2.05) is 31.2 Å². The molecule has 2 aromatic carbocycles. The van der Waals surface area contributed by atoms with E-state index in [2.05, 4.69) is 5.32 Å². The molecule has 0 radical (unpaired) electrons. The third-order valence-electron chi connectivity index (χ3n) is 3.09. The first-order chi connectivity index (χ1) is 9.63. The SMILES string of the molecule is COc1ccc(CNc2ccc(C)cc2F)c(OC)c1. The second kappa shape index (κ2) is 6.28. The Kier molecular flexibility index (Phi) is 4.45. The van der Waals surface area contributed by atoms with Gasteiger partial charge < -0.3 is 14.8 Å². The monoisotopic (exact) mass is 275 g/mol. The van der Waals surface area contributed by atoms with Crippen LogP contribution in [0.3, 0.4) is 0 Å². The Balaban J connectivity index is 2.14. The molecule has 0 aliphatic heterocycles. The fraction of sp³-hybridized carbons (Fsp3) is 0.250. The molecule has 0 aliphatic carbocycles. The highest BCUT2D eigenvalue weighted by molar-refractivity contribution is 5.48. The highest BCUT2D eigenvalue weighted by atomic mass is 19.1. The number of methoxy groups -OCH3 is 2. The zero-order chi connectivity index (χ0) is 14.5. The summed E-state index contributed by atoms with van der Waals surface area (Å²) in [6, 6.07) is 10.7. The van der Waals surface area contributed by atoms with Crippen molar-refractivity contribution in [3.63, 3.8) is 0 Å². The van der Waals surface area contributed by atoms with Crippen molar-refractivity contribution in [1.29, 1.82) is 0 Å². The molecule has 0 spiro atoms. The van der Waals surface area contributed by atoms with Crippen LogP contribution in [0.15, 0.2) is 36.4 Å². The molecule has 2 rings (SSSR count). The van der Waals surface area contributed by atoms with Gasteiger partial charge in [0.25, 0.3) is 0 Å². The van der Waals surface area contributed by atoms with Crippen molar-refractivity contribution < 1.29 is 13.9 Å². The maximum atomic E-state index is 13.7. The van der Waals surface area contributed by atoms with Gasteiger partial charge in [-0.3, -0.25) is 0 Å². The number of benzene rings is 2. The van der Waals surface area contributed by atoms with Crippen LogP contribution >= 0.6 is 0 Å². The second-order valence-electron chi connectivity index (χ2n) is 4.51. The lowest BCUT2D eigenvalue weighted by molar-refractivity contribution is 0.391. The third-order valence-corrected chi connectivity index (χ3v) is 3.09. The Hall–Kier alpha value is -2.23. The van der Waals surface area contributed by atoms with Gasteiger partial charge in [0, 0.05) is 18.2 Å². The highest BCUT2D eigenvalue weighted by Gasteiger charge is 2.07. The number of aryl methyl sites for hydroxylation is 1. The van der Waals surface area contributed by atoms with Crippen LogP contribution < -0.4 is 14.8 Å². The van der Waals surface area contributed by atoms with E-state index in [1.54, 1.807) is 20.3 Å². The molecule has 3 nitrogen and oxygen atoms in total. The number of hydrogen-bond donors (Lipinski definition) is 1. The molecule has 0 saturated heterocycles. The first kappa shape index (κ1) is 14.2. The van der Waals surface area contributed by atoms with Crippen LogP contribution in [0.25, 0.3) is 0 Å². The molecule has 0 unspecified atom stereocenters. The number of halogens is 1. The number of nitrogens with one attached hydrogen (secondary N) is 1. The topological polar surface area (TPSA) is 30.5 Å². The molecule has 0 amide bonds. The molecule has 2 aromatic rings. The molecule has 0 bridgehead atoms. The van der Waals surface area contributed by atoms with Crippen molar-refractivity contribution >= 4 is 5.69 Å². The molecule has 4 heteroatoms. The molecule has 0 fully saturated rings. The van der Waals surface area contributed by atoms with Gasteiger partial charge in [0.15, 0.2) is 0 Å². The molecule has 0 aromatic heterocycles. The van der Waals surface area contributed by atoms with Gasteiger partial charge in [0.05, 0.1) is 19.9 Å². The van der Waals surface area contributed by atoms with Gasteiger partial charge in [-0.15, -0.1) is 0 Å². The van der Waals surface area contributed by atoms with Crippen molar-refractivity contribution in [3.8, 4) is 11.5 Å². The first-order valence-electron chi connectivity index (χ1n) is 6.35. The zero-order valence-corrected chi connectivity index (χ0v) is 11.9. The van der Waals surface area contributed by atoms with Crippen molar-refractivity contribution in [2.45, 2.75) is 13.5 Å². The minimum atomic E-state index is -0.252. The summed E-state index contributed by atoms with van der Waals surface area (Å²) in [7, 11) is 3.21. The normalized spacial score (nSPS) is 10.2. The summed E-state index contributed by atoms with van der Waals surface area (Å²) < 4.78 is 24.2. The van der Waals surface area contributed by atoms with E-state index >= 15 is 0 Å². The number of ether oxygens (including phenoxy) is 2. The Morgan fingerprint density at radius 2 is 1.85 bits per heavy atom. The minimum absolute atomic E-state index is 0.252. The predicted octanol–water partition coefficient (Wildman–Crippen LogP) is 3.76. The average molecular weight is 275 g/mol.